The Balaban J connectivity index is 1.59. The number of carbonyl (C=O) groups is 2. The molecule has 1 aliphatic carbocycles. The highest BCUT2D eigenvalue weighted by atomic mass is 32.2. The number of urea groups is 1. The number of amides is 3. The van der Waals surface area contributed by atoms with Gasteiger partial charge in [-0.15, -0.1) is 11.8 Å². The fourth-order valence-electron chi connectivity index (χ4n) is 5.33. The molecule has 0 radical (unpaired) electrons. The quantitative estimate of drug-likeness (QED) is 0.506. The van der Waals surface area contributed by atoms with Gasteiger partial charge in [-0.2, -0.15) is 0 Å². The predicted octanol–water partition coefficient (Wildman–Crippen LogP) is 6.80. The lowest BCUT2D eigenvalue weighted by Gasteiger charge is -2.42. The van der Waals surface area contributed by atoms with Crippen molar-refractivity contribution in [1.82, 2.24) is 4.90 Å². The van der Waals surface area contributed by atoms with E-state index in [0.29, 0.717) is 12.2 Å². The van der Waals surface area contributed by atoms with E-state index in [1.165, 1.54) is 39.3 Å². The zero-order valence-corrected chi connectivity index (χ0v) is 20.8. The number of hydrogen-bond acceptors (Lipinski definition) is 3. The number of carbonyl (C=O) groups excluding carboxylic acids is 2. The van der Waals surface area contributed by atoms with Gasteiger partial charge in [0, 0.05) is 6.54 Å². The molecular formula is C28H32N2O2S. The molecule has 2 aromatic carbocycles. The molecular weight excluding hydrogens is 428 g/mol. The normalized spacial score (nSPS) is 23.0. The Morgan fingerprint density at radius 3 is 2.42 bits per heavy atom. The Morgan fingerprint density at radius 1 is 0.879 bits per heavy atom. The number of aryl methyl sites for hydroxylation is 4. The van der Waals surface area contributed by atoms with Crippen molar-refractivity contribution in [3.05, 3.63) is 74.7 Å². The van der Waals surface area contributed by atoms with Crippen molar-refractivity contribution >= 4 is 29.4 Å². The van der Waals surface area contributed by atoms with Crippen molar-refractivity contribution in [1.29, 1.82) is 0 Å². The van der Waals surface area contributed by atoms with Crippen molar-refractivity contribution in [2.24, 2.45) is 5.92 Å². The molecule has 1 fully saturated rings. The molecule has 5 rings (SSSR count). The van der Waals surface area contributed by atoms with Gasteiger partial charge in [0.25, 0.3) is 0 Å². The van der Waals surface area contributed by atoms with E-state index in [1.807, 2.05) is 30.0 Å². The molecule has 2 aliphatic heterocycles. The van der Waals surface area contributed by atoms with Crippen LogP contribution in [0.4, 0.5) is 10.5 Å². The van der Waals surface area contributed by atoms with E-state index in [1.54, 1.807) is 11.8 Å². The third kappa shape index (κ3) is 3.90. The minimum absolute atomic E-state index is 0.0510. The third-order valence-corrected chi connectivity index (χ3v) is 8.98. The smallest absolute Gasteiger partial charge is 0.306 e. The average molecular weight is 461 g/mol. The number of hydrogen-bond donors (Lipinski definition) is 0. The summed E-state index contributed by atoms with van der Waals surface area (Å²) in [5.74, 6) is -0.294. The van der Waals surface area contributed by atoms with Crippen LogP contribution in [0, 0.1) is 33.6 Å². The van der Waals surface area contributed by atoms with Gasteiger partial charge in [0.1, 0.15) is 0 Å². The molecule has 0 aromatic heterocycles. The zero-order chi connectivity index (χ0) is 23.3. The number of anilines is 1. The maximum absolute atomic E-state index is 13.9. The van der Waals surface area contributed by atoms with Gasteiger partial charge < -0.3 is 4.90 Å². The minimum atomic E-state index is -0.243. The van der Waals surface area contributed by atoms with Crippen molar-refractivity contribution in [3.63, 3.8) is 0 Å². The van der Waals surface area contributed by atoms with Crippen LogP contribution in [0.2, 0.25) is 0 Å². The topological polar surface area (TPSA) is 40.6 Å². The monoisotopic (exact) mass is 460 g/mol. The number of benzene rings is 2. The molecule has 5 heteroatoms. The highest BCUT2D eigenvalue weighted by Gasteiger charge is 2.52. The molecule has 2 unspecified atom stereocenters. The number of imide groups is 1. The van der Waals surface area contributed by atoms with Crippen LogP contribution in [0.5, 0.6) is 0 Å². The van der Waals surface area contributed by atoms with E-state index in [-0.39, 0.29) is 23.2 Å². The summed E-state index contributed by atoms with van der Waals surface area (Å²) in [7, 11) is 0. The summed E-state index contributed by atoms with van der Waals surface area (Å²) in [6.45, 7) is 8.80. The molecule has 1 saturated heterocycles. The van der Waals surface area contributed by atoms with Gasteiger partial charge >= 0.3 is 6.03 Å². The number of thioether (sulfide) groups is 1. The molecule has 0 bridgehead atoms. The number of nitrogens with zero attached hydrogens (tertiary/aromatic N) is 2. The lowest BCUT2D eigenvalue weighted by Crippen LogP contribution is -2.60. The molecule has 4 nitrogen and oxygen atoms in total. The first-order valence-electron chi connectivity index (χ1n) is 12.0. The van der Waals surface area contributed by atoms with E-state index < -0.39 is 0 Å². The van der Waals surface area contributed by atoms with Crippen LogP contribution in [0.3, 0.4) is 0 Å². The average Bonchev–Trinajstić information content (AvgIpc) is 2.98. The zero-order valence-electron chi connectivity index (χ0n) is 20.0. The van der Waals surface area contributed by atoms with Gasteiger partial charge in [-0.25, -0.2) is 9.69 Å². The Labute approximate surface area is 201 Å². The summed E-state index contributed by atoms with van der Waals surface area (Å²) < 4.78 is 0. The number of fused-ring (bicyclic) bond motifs is 2. The maximum atomic E-state index is 13.9. The first-order chi connectivity index (χ1) is 15.8. The second kappa shape index (κ2) is 8.68. The second-order valence-corrected chi connectivity index (χ2v) is 11.0. The second-order valence-electron chi connectivity index (χ2n) is 9.78. The Morgan fingerprint density at radius 2 is 1.64 bits per heavy atom. The fraction of sp³-hybridized carbons (Fsp3) is 0.429. The molecule has 3 aliphatic rings. The van der Waals surface area contributed by atoms with E-state index in [4.69, 9.17) is 0 Å². The summed E-state index contributed by atoms with van der Waals surface area (Å²) >= 11 is 1.78. The standard InChI is InChI=1S/C28H32N2O2S/c1-17-10-11-19(3)21(14-17)16-29-27-25(23-8-6-5-7-9-24(23)33-27)26(31)30(28(29)32)22-13-12-18(2)20(4)15-22/h10-15,25,27H,5-9,16H2,1-4H3. The summed E-state index contributed by atoms with van der Waals surface area (Å²) in [5, 5.41) is -0.143. The van der Waals surface area contributed by atoms with E-state index in [2.05, 4.69) is 39.0 Å². The van der Waals surface area contributed by atoms with Gasteiger partial charge in [-0.3, -0.25) is 4.79 Å². The van der Waals surface area contributed by atoms with Crippen molar-refractivity contribution in [2.75, 3.05) is 4.90 Å². The minimum Gasteiger partial charge on any atom is -0.306 e. The van der Waals surface area contributed by atoms with Crippen LogP contribution in [0.15, 0.2) is 46.9 Å². The lowest BCUT2D eigenvalue weighted by atomic mass is 9.90. The van der Waals surface area contributed by atoms with Crippen molar-refractivity contribution in [3.8, 4) is 0 Å². The van der Waals surface area contributed by atoms with E-state index in [9.17, 15) is 9.59 Å². The predicted molar refractivity (Wildman–Crippen MR) is 135 cm³/mol. The van der Waals surface area contributed by atoms with Crippen molar-refractivity contribution in [2.45, 2.75) is 71.7 Å². The van der Waals surface area contributed by atoms with Crippen LogP contribution < -0.4 is 4.90 Å². The summed E-state index contributed by atoms with van der Waals surface area (Å²) in [5.41, 5.74) is 7.74. The van der Waals surface area contributed by atoms with Crippen molar-refractivity contribution < 1.29 is 9.59 Å². The maximum Gasteiger partial charge on any atom is 0.332 e. The van der Waals surface area contributed by atoms with E-state index >= 15 is 0 Å². The largest absolute Gasteiger partial charge is 0.332 e. The third-order valence-electron chi connectivity index (χ3n) is 7.46. The van der Waals surface area contributed by atoms with Gasteiger partial charge in [0.05, 0.1) is 17.0 Å². The molecule has 172 valence electrons. The summed E-state index contributed by atoms with van der Waals surface area (Å²) in [4.78, 5) is 32.7. The van der Waals surface area contributed by atoms with Gasteiger partial charge in [-0.05, 0) is 98.2 Å². The Bertz CT molecular complexity index is 1170. The van der Waals surface area contributed by atoms with Crippen LogP contribution in [0.1, 0.15) is 59.9 Å². The Hall–Kier alpha value is -2.53. The van der Waals surface area contributed by atoms with Crippen LogP contribution in [-0.2, 0) is 11.3 Å². The van der Waals surface area contributed by atoms with Crippen LogP contribution in [0.25, 0.3) is 0 Å². The van der Waals surface area contributed by atoms with Gasteiger partial charge in [-0.1, -0.05) is 36.2 Å². The highest BCUT2D eigenvalue weighted by molar-refractivity contribution is 8.04. The molecule has 0 saturated carbocycles. The lowest BCUT2D eigenvalue weighted by molar-refractivity contribution is -0.122. The number of allylic oxidation sites excluding steroid dienone is 1. The molecule has 2 atom stereocenters. The Kier molecular flexibility index (Phi) is 5.86. The highest BCUT2D eigenvalue weighted by Crippen LogP contribution is 2.52. The van der Waals surface area contributed by atoms with Gasteiger partial charge in [0.2, 0.25) is 5.91 Å². The molecule has 2 aromatic rings. The number of rotatable bonds is 3. The first kappa shape index (κ1) is 22.3. The van der Waals surface area contributed by atoms with Crippen LogP contribution >= 0.6 is 11.8 Å². The SMILES string of the molecule is Cc1ccc(C)c(CN2C(=O)N(c3ccc(C)c(C)c3)C(=O)C3C4=C(CCCCC4)SC32)c1. The molecule has 0 N–H and O–H groups in total. The van der Waals surface area contributed by atoms with Crippen LogP contribution in [-0.4, -0.2) is 22.2 Å². The summed E-state index contributed by atoms with van der Waals surface area (Å²) in [6, 6.07) is 12.1. The molecule has 33 heavy (non-hydrogen) atoms. The summed E-state index contributed by atoms with van der Waals surface area (Å²) in [6.07, 6.45) is 5.53. The fourth-order valence-corrected chi connectivity index (χ4v) is 6.97. The van der Waals surface area contributed by atoms with Gasteiger partial charge in [0.15, 0.2) is 0 Å². The molecule has 2 heterocycles. The molecule has 3 amide bonds. The molecule has 0 spiro atoms. The first-order valence-corrected chi connectivity index (χ1v) is 12.9. The van der Waals surface area contributed by atoms with E-state index in [0.717, 1.165) is 36.0 Å².